The van der Waals surface area contributed by atoms with Crippen LogP contribution in [0.25, 0.3) is 10.8 Å². The van der Waals surface area contributed by atoms with E-state index in [1.165, 1.54) is 4.68 Å². The first-order valence-corrected chi connectivity index (χ1v) is 10.4. The highest BCUT2D eigenvalue weighted by Crippen LogP contribution is 2.32. The van der Waals surface area contributed by atoms with Gasteiger partial charge in [0.25, 0.3) is 5.56 Å². The molecular formula is C23H28N4O4. The molecule has 8 heteroatoms. The monoisotopic (exact) mass is 424 g/mol. The SMILES string of the molecule is COc1ccc2cnn(CN3CCN(CCOc4ccccc4)CC3)c(=O)c2c1OC. The Morgan fingerprint density at radius 1 is 0.935 bits per heavy atom. The molecule has 0 unspecified atom stereocenters. The van der Waals surface area contributed by atoms with Crippen LogP contribution < -0.4 is 19.8 Å². The molecule has 0 radical (unpaired) electrons. The summed E-state index contributed by atoms with van der Waals surface area (Å²) in [6.45, 7) is 5.59. The highest BCUT2D eigenvalue weighted by atomic mass is 16.5. The van der Waals surface area contributed by atoms with E-state index < -0.39 is 0 Å². The van der Waals surface area contributed by atoms with Gasteiger partial charge in [0.05, 0.1) is 32.5 Å². The summed E-state index contributed by atoms with van der Waals surface area (Å²) < 4.78 is 18.1. The third-order valence-corrected chi connectivity index (χ3v) is 5.58. The van der Waals surface area contributed by atoms with Crippen molar-refractivity contribution in [2.45, 2.75) is 6.67 Å². The zero-order valence-corrected chi connectivity index (χ0v) is 18.0. The Bertz CT molecular complexity index is 1060. The Hall–Kier alpha value is -3.10. The molecule has 1 saturated heterocycles. The molecule has 1 aliphatic rings. The smallest absolute Gasteiger partial charge is 0.279 e. The summed E-state index contributed by atoms with van der Waals surface area (Å²) in [7, 11) is 3.11. The second-order valence-corrected chi connectivity index (χ2v) is 7.48. The molecule has 2 heterocycles. The first-order chi connectivity index (χ1) is 15.2. The van der Waals surface area contributed by atoms with E-state index in [2.05, 4.69) is 14.9 Å². The van der Waals surface area contributed by atoms with Gasteiger partial charge in [-0.05, 0) is 24.3 Å². The van der Waals surface area contributed by atoms with E-state index in [9.17, 15) is 4.79 Å². The topological polar surface area (TPSA) is 69.1 Å². The van der Waals surface area contributed by atoms with Crippen LogP contribution >= 0.6 is 0 Å². The molecule has 8 nitrogen and oxygen atoms in total. The first kappa shape index (κ1) is 21.1. The summed E-state index contributed by atoms with van der Waals surface area (Å²) in [5.74, 6) is 1.88. The summed E-state index contributed by atoms with van der Waals surface area (Å²) in [5.41, 5.74) is -0.174. The number of piperazine rings is 1. The lowest BCUT2D eigenvalue weighted by molar-refractivity contribution is 0.0913. The zero-order valence-electron chi connectivity index (χ0n) is 18.0. The minimum absolute atomic E-state index is 0.174. The van der Waals surface area contributed by atoms with Gasteiger partial charge in [-0.2, -0.15) is 5.10 Å². The number of benzene rings is 2. The van der Waals surface area contributed by atoms with E-state index in [0.717, 1.165) is 43.9 Å². The number of para-hydroxylation sites is 1. The number of aromatic nitrogens is 2. The molecule has 164 valence electrons. The van der Waals surface area contributed by atoms with Crippen LogP contribution in [0, 0.1) is 0 Å². The Kier molecular flexibility index (Phi) is 6.69. The zero-order chi connectivity index (χ0) is 21.6. The number of nitrogens with zero attached hydrogens (tertiary/aromatic N) is 4. The summed E-state index contributed by atoms with van der Waals surface area (Å²) in [6.07, 6.45) is 1.70. The average molecular weight is 425 g/mol. The van der Waals surface area contributed by atoms with Crippen molar-refractivity contribution >= 4 is 10.8 Å². The van der Waals surface area contributed by atoms with Crippen LogP contribution in [0.2, 0.25) is 0 Å². The summed E-state index contributed by atoms with van der Waals surface area (Å²) in [6, 6.07) is 13.5. The van der Waals surface area contributed by atoms with Gasteiger partial charge in [-0.25, -0.2) is 4.68 Å². The minimum Gasteiger partial charge on any atom is -0.493 e. The molecule has 0 amide bonds. The molecule has 0 bridgehead atoms. The number of fused-ring (bicyclic) bond motifs is 1. The Morgan fingerprint density at radius 2 is 1.68 bits per heavy atom. The lowest BCUT2D eigenvalue weighted by atomic mass is 10.1. The van der Waals surface area contributed by atoms with Gasteiger partial charge in [-0.15, -0.1) is 0 Å². The lowest BCUT2D eigenvalue weighted by Gasteiger charge is -2.34. The van der Waals surface area contributed by atoms with E-state index >= 15 is 0 Å². The van der Waals surface area contributed by atoms with Crippen molar-refractivity contribution in [1.29, 1.82) is 0 Å². The molecule has 31 heavy (non-hydrogen) atoms. The molecule has 1 aliphatic heterocycles. The van der Waals surface area contributed by atoms with Crippen molar-refractivity contribution in [2.75, 3.05) is 53.6 Å². The van der Waals surface area contributed by atoms with Crippen LogP contribution in [0.1, 0.15) is 0 Å². The van der Waals surface area contributed by atoms with Gasteiger partial charge in [0.15, 0.2) is 11.5 Å². The fourth-order valence-corrected chi connectivity index (χ4v) is 3.84. The predicted molar refractivity (Wildman–Crippen MR) is 119 cm³/mol. The van der Waals surface area contributed by atoms with E-state index in [0.29, 0.717) is 30.2 Å². The third-order valence-electron chi connectivity index (χ3n) is 5.58. The fraction of sp³-hybridized carbons (Fsp3) is 0.391. The molecular weight excluding hydrogens is 396 g/mol. The fourth-order valence-electron chi connectivity index (χ4n) is 3.84. The second kappa shape index (κ2) is 9.80. The molecule has 1 aromatic heterocycles. The maximum atomic E-state index is 13.1. The van der Waals surface area contributed by atoms with Gasteiger partial charge in [-0.1, -0.05) is 18.2 Å². The van der Waals surface area contributed by atoms with Gasteiger partial charge < -0.3 is 14.2 Å². The van der Waals surface area contributed by atoms with E-state index in [1.807, 2.05) is 36.4 Å². The maximum absolute atomic E-state index is 13.1. The maximum Gasteiger partial charge on any atom is 0.279 e. The van der Waals surface area contributed by atoms with Crippen molar-refractivity contribution in [1.82, 2.24) is 19.6 Å². The highest BCUT2D eigenvalue weighted by Gasteiger charge is 2.19. The molecule has 2 aromatic carbocycles. The molecule has 0 saturated carbocycles. The highest BCUT2D eigenvalue weighted by molar-refractivity contribution is 5.89. The molecule has 0 spiro atoms. The molecule has 0 N–H and O–H groups in total. The van der Waals surface area contributed by atoms with Gasteiger partial charge >= 0.3 is 0 Å². The quantitative estimate of drug-likeness (QED) is 0.548. The molecule has 4 rings (SSSR count). The van der Waals surface area contributed by atoms with Gasteiger partial charge in [-0.3, -0.25) is 14.6 Å². The Balaban J connectivity index is 1.36. The lowest BCUT2D eigenvalue weighted by Crippen LogP contribution is -2.48. The number of hydrogen-bond acceptors (Lipinski definition) is 7. The largest absolute Gasteiger partial charge is 0.493 e. The second-order valence-electron chi connectivity index (χ2n) is 7.48. The number of ether oxygens (including phenoxy) is 3. The Labute approximate surface area is 181 Å². The van der Waals surface area contributed by atoms with Gasteiger partial charge in [0.2, 0.25) is 0 Å². The van der Waals surface area contributed by atoms with Crippen molar-refractivity contribution in [3.8, 4) is 17.2 Å². The van der Waals surface area contributed by atoms with Crippen LogP contribution in [0.15, 0.2) is 53.5 Å². The van der Waals surface area contributed by atoms with E-state index in [1.54, 1.807) is 26.5 Å². The molecule has 0 aliphatic carbocycles. The average Bonchev–Trinajstić information content (AvgIpc) is 2.82. The summed E-state index contributed by atoms with van der Waals surface area (Å²) in [4.78, 5) is 17.7. The van der Waals surface area contributed by atoms with Crippen molar-refractivity contribution < 1.29 is 14.2 Å². The molecule has 3 aromatic rings. The third kappa shape index (κ3) is 4.81. The molecule has 1 fully saturated rings. The van der Waals surface area contributed by atoms with Gasteiger partial charge in [0.1, 0.15) is 12.4 Å². The van der Waals surface area contributed by atoms with Crippen LogP contribution in [-0.2, 0) is 6.67 Å². The van der Waals surface area contributed by atoms with E-state index in [-0.39, 0.29) is 5.56 Å². The van der Waals surface area contributed by atoms with Crippen LogP contribution in [-0.4, -0.2) is 73.1 Å². The van der Waals surface area contributed by atoms with Crippen molar-refractivity contribution in [2.24, 2.45) is 0 Å². The van der Waals surface area contributed by atoms with E-state index in [4.69, 9.17) is 14.2 Å². The van der Waals surface area contributed by atoms with Crippen LogP contribution in [0.3, 0.4) is 0 Å². The number of hydrogen-bond donors (Lipinski definition) is 0. The van der Waals surface area contributed by atoms with Crippen LogP contribution in [0.4, 0.5) is 0 Å². The van der Waals surface area contributed by atoms with Crippen molar-refractivity contribution in [3.63, 3.8) is 0 Å². The van der Waals surface area contributed by atoms with Crippen molar-refractivity contribution in [3.05, 3.63) is 59.0 Å². The minimum atomic E-state index is -0.174. The summed E-state index contributed by atoms with van der Waals surface area (Å²) >= 11 is 0. The summed E-state index contributed by atoms with van der Waals surface area (Å²) in [5, 5.41) is 5.60. The standard InChI is InChI=1S/C23H28N4O4/c1-29-20-9-8-18-16-24-27(23(28)21(18)22(20)30-2)17-26-12-10-25(11-13-26)14-15-31-19-6-4-3-5-7-19/h3-9,16H,10-15,17H2,1-2H3. The number of methoxy groups -OCH3 is 2. The van der Waals surface area contributed by atoms with Gasteiger partial charge in [0, 0.05) is 38.1 Å². The molecule has 0 atom stereocenters. The predicted octanol–water partition coefficient (Wildman–Crippen LogP) is 2.07. The Morgan fingerprint density at radius 3 is 2.39 bits per heavy atom. The normalized spacial score (nSPS) is 15.2. The first-order valence-electron chi connectivity index (χ1n) is 10.4. The van der Waals surface area contributed by atoms with Crippen LogP contribution in [0.5, 0.6) is 17.2 Å². The number of rotatable bonds is 8.